The van der Waals surface area contributed by atoms with Gasteiger partial charge in [0.2, 0.25) is 0 Å². The zero-order chi connectivity index (χ0) is 11.7. The molecule has 0 amide bonds. The molecule has 6 heteroatoms. The second-order valence-corrected chi connectivity index (χ2v) is 4.93. The van der Waals surface area contributed by atoms with Crippen molar-refractivity contribution in [2.45, 2.75) is 0 Å². The molecule has 2 rings (SSSR count). The van der Waals surface area contributed by atoms with Crippen LogP contribution in [-0.2, 0) is 0 Å². The van der Waals surface area contributed by atoms with E-state index in [1.54, 1.807) is 24.3 Å². The van der Waals surface area contributed by atoms with Crippen LogP contribution >= 0.6 is 38.5 Å². The molecule has 1 aromatic carbocycles. The van der Waals surface area contributed by atoms with Crippen molar-refractivity contribution in [3.05, 3.63) is 48.7 Å². The lowest BCUT2D eigenvalue weighted by Gasteiger charge is -2.03. The summed E-state index contributed by atoms with van der Waals surface area (Å²) in [5.41, 5.74) is 0.549. The first-order valence-electron chi connectivity index (χ1n) is 4.27. The largest absolute Gasteiger partial charge is 0.464 e. The number of halogens is 2. The van der Waals surface area contributed by atoms with Crippen molar-refractivity contribution >= 4 is 44.2 Å². The summed E-state index contributed by atoms with van der Waals surface area (Å²) in [6.07, 6.45) is 1.49. The van der Waals surface area contributed by atoms with Crippen LogP contribution in [0.2, 0.25) is 0 Å². The van der Waals surface area contributed by atoms with Crippen LogP contribution in [-0.4, -0.2) is 4.92 Å². The molecule has 1 aromatic heterocycles. The van der Waals surface area contributed by atoms with E-state index in [1.165, 1.54) is 6.26 Å². The molecule has 0 saturated heterocycles. The summed E-state index contributed by atoms with van der Waals surface area (Å²) in [6.45, 7) is 0. The molecule has 0 aliphatic heterocycles. The lowest BCUT2D eigenvalue weighted by atomic mass is 10.1. The quantitative estimate of drug-likeness (QED) is 0.436. The molecular weight excluding hydrogens is 389 g/mol. The lowest BCUT2D eigenvalue weighted by molar-refractivity contribution is -0.385. The molecular formula is C10H5BrINO3. The van der Waals surface area contributed by atoms with E-state index in [2.05, 4.69) is 15.9 Å². The van der Waals surface area contributed by atoms with Gasteiger partial charge in [0.1, 0.15) is 9.33 Å². The molecule has 0 saturated carbocycles. The lowest BCUT2D eigenvalue weighted by Crippen LogP contribution is -1.95. The molecule has 1 heterocycles. The van der Waals surface area contributed by atoms with E-state index >= 15 is 0 Å². The normalized spacial score (nSPS) is 10.4. The molecule has 0 atom stereocenters. The molecule has 0 unspecified atom stereocenters. The number of rotatable bonds is 2. The molecule has 0 aliphatic carbocycles. The second kappa shape index (κ2) is 4.54. The predicted octanol–water partition coefficient (Wildman–Crippen LogP) is 4.22. The zero-order valence-corrected chi connectivity index (χ0v) is 11.6. The van der Waals surface area contributed by atoms with Crippen LogP contribution in [0, 0.1) is 13.7 Å². The topological polar surface area (TPSA) is 56.3 Å². The van der Waals surface area contributed by atoms with Crippen molar-refractivity contribution in [3.8, 4) is 11.3 Å². The molecule has 0 radical (unpaired) electrons. The van der Waals surface area contributed by atoms with E-state index in [0.717, 1.165) is 0 Å². The van der Waals surface area contributed by atoms with E-state index in [0.29, 0.717) is 19.4 Å². The summed E-state index contributed by atoms with van der Waals surface area (Å²) in [4.78, 5) is 10.6. The maximum Gasteiger partial charge on any atom is 0.294 e. The van der Waals surface area contributed by atoms with Crippen molar-refractivity contribution < 1.29 is 9.34 Å². The summed E-state index contributed by atoms with van der Waals surface area (Å²) in [5.74, 6) is 0.497. The fourth-order valence-corrected chi connectivity index (χ4v) is 2.34. The van der Waals surface area contributed by atoms with Crippen LogP contribution in [0.4, 0.5) is 5.69 Å². The summed E-state index contributed by atoms with van der Waals surface area (Å²) in [6, 6.07) is 6.84. The molecule has 0 spiro atoms. The van der Waals surface area contributed by atoms with E-state index in [1.807, 2.05) is 22.6 Å². The Kier molecular flexibility index (Phi) is 3.29. The van der Waals surface area contributed by atoms with Crippen molar-refractivity contribution in [1.82, 2.24) is 0 Å². The number of benzene rings is 1. The highest BCUT2D eigenvalue weighted by atomic mass is 127. The van der Waals surface area contributed by atoms with E-state index < -0.39 is 4.92 Å². The third-order valence-corrected chi connectivity index (χ3v) is 4.53. The third kappa shape index (κ3) is 1.99. The van der Waals surface area contributed by atoms with Crippen LogP contribution in [0.5, 0.6) is 0 Å². The molecule has 0 bridgehead atoms. The standard InChI is InChI=1S/C10H5BrINO3/c11-7-4-3-6(8-2-1-5-16-8)10(9(7)12)13(14)15/h1-5H. The number of hydrogen-bond acceptors (Lipinski definition) is 3. The smallest absolute Gasteiger partial charge is 0.294 e. The van der Waals surface area contributed by atoms with Crippen LogP contribution in [0.25, 0.3) is 11.3 Å². The monoisotopic (exact) mass is 393 g/mol. The fraction of sp³-hybridized carbons (Fsp3) is 0. The molecule has 16 heavy (non-hydrogen) atoms. The fourth-order valence-electron chi connectivity index (χ4n) is 1.35. The van der Waals surface area contributed by atoms with Crippen LogP contribution < -0.4 is 0 Å². The van der Waals surface area contributed by atoms with Crippen LogP contribution in [0.15, 0.2) is 39.4 Å². The second-order valence-electron chi connectivity index (χ2n) is 2.99. The van der Waals surface area contributed by atoms with Gasteiger partial charge in [-0.3, -0.25) is 10.1 Å². The molecule has 0 N–H and O–H groups in total. The summed E-state index contributed by atoms with van der Waals surface area (Å²) in [5, 5.41) is 11.0. The van der Waals surface area contributed by atoms with Gasteiger partial charge in [-0.05, 0) is 62.8 Å². The Labute approximate surface area is 113 Å². The van der Waals surface area contributed by atoms with Gasteiger partial charge in [-0.2, -0.15) is 0 Å². The van der Waals surface area contributed by atoms with Gasteiger partial charge < -0.3 is 4.42 Å². The van der Waals surface area contributed by atoms with Crippen molar-refractivity contribution in [3.63, 3.8) is 0 Å². The van der Waals surface area contributed by atoms with Gasteiger partial charge in [-0.15, -0.1) is 0 Å². The average molecular weight is 394 g/mol. The first kappa shape index (κ1) is 11.6. The Morgan fingerprint density at radius 1 is 1.38 bits per heavy atom. The maximum atomic E-state index is 11.0. The SMILES string of the molecule is O=[N+]([O-])c1c(-c2ccco2)ccc(Br)c1I. The van der Waals surface area contributed by atoms with E-state index in [9.17, 15) is 10.1 Å². The highest BCUT2D eigenvalue weighted by molar-refractivity contribution is 14.1. The zero-order valence-electron chi connectivity index (χ0n) is 7.81. The van der Waals surface area contributed by atoms with Crippen LogP contribution in [0.3, 0.4) is 0 Å². The Morgan fingerprint density at radius 2 is 2.12 bits per heavy atom. The molecule has 0 fully saturated rings. The Morgan fingerprint density at radius 3 is 2.69 bits per heavy atom. The minimum Gasteiger partial charge on any atom is -0.464 e. The van der Waals surface area contributed by atoms with Crippen molar-refractivity contribution in [2.24, 2.45) is 0 Å². The van der Waals surface area contributed by atoms with E-state index in [4.69, 9.17) is 4.42 Å². The summed E-state index contributed by atoms with van der Waals surface area (Å²) in [7, 11) is 0. The number of hydrogen-bond donors (Lipinski definition) is 0. The van der Waals surface area contributed by atoms with Gasteiger partial charge in [0, 0.05) is 4.47 Å². The first-order valence-corrected chi connectivity index (χ1v) is 6.14. The predicted molar refractivity (Wildman–Crippen MR) is 71.2 cm³/mol. The van der Waals surface area contributed by atoms with Gasteiger partial charge in [0.05, 0.1) is 16.7 Å². The number of nitro groups is 1. The highest BCUT2D eigenvalue weighted by Crippen LogP contribution is 2.37. The number of nitro benzene ring substituents is 1. The van der Waals surface area contributed by atoms with E-state index in [-0.39, 0.29) is 5.69 Å². The molecule has 2 aromatic rings. The van der Waals surface area contributed by atoms with Crippen molar-refractivity contribution in [2.75, 3.05) is 0 Å². The maximum absolute atomic E-state index is 11.0. The van der Waals surface area contributed by atoms with Gasteiger partial charge in [-0.1, -0.05) is 0 Å². The molecule has 4 nitrogen and oxygen atoms in total. The third-order valence-electron chi connectivity index (χ3n) is 2.04. The van der Waals surface area contributed by atoms with Crippen LogP contribution in [0.1, 0.15) is 0 Å². The Hall–Kier alpha value is -0.890. The minimum atomic E-state index is -0.398. The van der Waals surface area contributed by atoms with Gasteiger partial charge in [0.25, 0.3) is 5.69 Å². The summed E-state index contributed by atoms with van der Waals surface area (Å²) < 4.78 is 6.45. The Balaban J connectivity index is 2.71. The minimum absolute atomic E-state index is 0.0601. The number of nitrogens with zero attached hydrogens (tertiary/aromatic N) is 1. The number of furan rings is 1. The highest BCUT2D eigenvalue weighted by Gasteiger charge is 2.22. The Bertz CT molecular complexity index is 539. The van der Waals surface area contributed by atoms with Gasteiger partial charge in [-0.25, -0.2) is 0 Å². The molecule has 82 valence electrons. The molecule has 0 aliphatic rings. The van der Waals surface area contributed by atoms with Crippen molar-refractivity contribution in [1.29, 1.82) is 0 Å². The van der Waals surface area contributed by atoms with Gasteiger partial charge in [0.15, 0.2) is 0 Å². The summed E-state index contributed by atoms with van der Waals surface area (Å²) >= 11 is 5.21. The van der Waals surface area contributed by atoms with Gasteiger partial charge >= 0.3 is 0 Å². The average Bonchev–Trinajstić information content (AvgIpc) is 2.74. The first-order chi connectivity index (χ1) is 7.61.